The summed E-state index contributed by atoms with van der Waals surface area (Å²) >= 11 is 0. The molecule has 0 atom stereocenters. The third kappa shape index (κ3) is 5.44. The minimum absolute atomic E-state index is 0.0339. The fourth-order valence-electron chi connectivity index (χ4n) is 2.09. The zero-order valence-electron chi connectivity index (χ0n) is 13.8. The molecule has 22 heavy (non-hydrogen) atoms. The molecule has 0 fully saturated rings. The molecule has 0 heterocycles. The molecule has 6 heteroatoms. The van der Waals surface area contributed by atoms with Gasteiger partial charge in [-0.3, -0.25) is 4.79 Å². The molecule has 1 rings (SSSR count). The summed E-state index contributed by atoms with van der Waals surface area (Å²) in [6.07, 6.45) is 1.04. The first-order valence-corrected chi connectivity index (χ1v) is 7.42. The van der Waals surface area contributed by atoms with Crippen LogP contribution in [0.25, 0.3) is 0 Å². The van der Waals surface area contributed by atoms with Crippen LogP contribution in [0.4, 0.5) is 0 Å². The van der Waals surface area contributed by atoms with Crippen molar-refractivity contribution in [1.29, 1.82) is 0 Å². The lowest BCUT2D eigenvalue weighted by Gasteiger charge is -2.14. The maximum atomic E-state index is 11.8. The van der Waals surface area contributed by atoms with Crippen LogP contribution in [0.5, 0.6) is 17.2 Å². The molecule has 0 radical (unpaired) electrons. The lowest BCUT2D eigenvalue weighted by Crippen LogP contribution is -2.31. The number of hydrogen-bond acceptors (Lipinski definition) is 5. The summed E-state index contributed by atoms with van der Waals surface area (Å²) in [5.41, 5.74) is 0.969. The summed E-state index contributed by atoms with van der Waals surface area (Å²) in [7, 11) is 4.72. The normalized spacial score (nSPS) is 10.2. The van der Waals surface area contributed by atoms with E-state index in [1.807, 2.05) is 19.1 Å². The molecule has 0 aliphatic heterocycles. The highest BCUT2D eigenvalue weighted by Crippen LogP contribution is 2.38. The number of carbonyl (C=O) groups is 1. The van der Waals surface area contributed by atoms with E-state index in [2.05, 4.69) is 10.6 Å². The third-order valence-electron chi connectivity index (χ3n) is 3.24. The van der Waals surface area contributed by atoms with Crippen LogP contribution in [0.15, 0.2) is 12.1 Å². The van der Waals surface area contributed by atoms with Crippen LogP contribution in [0, 0.1) is 0 Å². The van der Waals surface area contributed by atoms with E-state index < -0.39 is 0 Å². The molecule has 124 valence electrons. The van der Waals surface area contributed by atoms with Crippen molar-refractivity contribution in [3.63, 3.8) is 0 Å². The number of amides is 1. The molecule has 0 unspecified atom stereocenters. The number of carbonyl (C=O) groups excluding carboxylic acids is 1. The third-order valence-corrected chi connectivity index (χ3v) is 3.24. The molecule has 0 aliphatic carbocycles. The molecule has 0 bridgehead atoms. The monoisotopic (exact) mass is 310 g/mol. The Hall–Kier alpha value is -1.95. The van der Waals surface area contributed by atoms with Crippen molar-refractivity contribution in [3.05, 3.63) is 17.7 Å². The first kappa shape index (κ1) is 18.1. The van der Waals surface area contributed by atoms with E-state index in [-0.39, 0.29) is 5.91 Å². The van der Waals surface area contributed by atoms with E-state index in [0.29, 0.717) is 36.6 Å². The molecule has 1 aromatic rings. The number of aryl methyl sites for hydroxylation is 1. The molecule has 1 amide bonds. The molecule has 1 aromatic carbocycles. The van der Waals surface area contributed by atoms with E-state index >= 15 is 0 Å². The highest BCUT2D eigenvalue weighted by atomic mass is 16.5. The Morgan fingerprint density at radius 2 is 1.68 bits per heavy atom. The Kier molecular flexibility index (Phi) is 8.14. The van der Waals surface area contributed by atoms with Gasteiger partial charge in [0, 0.05) is 19.5 Å². The first-order valence-electron chi connectivity index (χ1n) is 7.42. The van der Waals surface area contributed by atoms with Crippen molar-refractivity contribution in [2.45, 2.75) is 19.8 Å². The van der Waals surface area contributed by atoms with Crippen LogP contribution in [0.3, 0.4) is 0 Å². The summed E-state index contributed by atoms with van der Waals surface area (Å²) in [5.74, 6) is 1.80. The number of benzene rings is 1. The summed E-state index contributed by atoms with van der Waals surface area (Å²) < 4.78 is 15.9. The van der Waals surface area contributed by atoms with Gasteiger partial charge >= 0.3 is 0 Å². The van der Waals surface area contributed by atoms with E-state index in [4.69, 9.17) is 14.2 Å². The summed E-state index contributed by atoms with van der Waals surface area (Å²) in [4.78, 5) is 11.8. The van der Waals surface area contributed by atoms with Crippen LogP contribution in [0.2, 0.25) is 0 Å². The Bertz CT molecular complexity index is 452. The van der Waals surface area contributed by atoms with Gasteiger partial charge in [0.05, 0.1) is 21.3 Å². The lowest BCUT2D eigenvalue weighted by molar-refractivity contribution is -0.121. The molecule has 0 aromatic heterocycles. The minimum atomic E-state index is 0.0339. The Morgan fingerprint density at radius 1 is 1.05 bits per heavy atom. The highest BCUT2D eigenvalue weighted by molar-refractivity contribution is 5.76. The lowest BCUT2D eigenvalue weighted by atomic mass is 10.1. The van der Waals surface area contributed by atoms with Gasteiger partial charge in [0.25, 0.3) is 0 Å². The molecular formula is C16H26N2O4. The van der Waals surface area contributed by atoms with Gasteiger partial charge in [0.15, 0.2) is 11.5 Å². The maximum absolute atomic E-state index is 11.8. The minimum Gasteiger partial charge on any atom is -0.493 e. The smallest absolute Gasteiger partial charge is 0.220 e. The summed E-state index contributed by atoms with van der Waals surface area (Å²) in [6, 6.07) is 3.74. The van der Waals surface area contributed by atoms with Gasteiger partial charge in [-0.15, -0.1) is 0 Å². The number of rotatable bonds is 10. The van der Waals surface area contributed by atoms with Crippen LogP contribution < -0.4 is 24.8 Å². The van der Waals surface area contributed by atoms with E-state index in [0.717, 1.165) is 18.7 Å². The van der Waals surface area contributed by atoms with Gasteiger partial charge in [-0.05, 0) is 30.7 Å². The van der Waals surface area contributed by atoms with Crippen LogP contribution >= 0.6 is 0 Å². The summed E-state index contributed by atoms with van der Waals surface area (Å²) in [5, 5.41) is 6.04. The van der Waals surface area contributed by atoms with E-state index in [1.165, 1.54) is 0 Å². The first-order chi connectivity index (χ1) is 10.7. The molecule has 0 saturated heterocycles. The number of ether oxygens (including phenoxy) is 3. The van der Waals surface area contributed by atoms with Gasteiger partial charge in [-0.1, -0.05) is 6.92 Å². The van der Waals surface area contributed by atoms with Gasteiger partial charge in [-0.2, -0.15) is 0 Å². The number of hydrogen-bond donors (Lipinski definition) is 2. The maximum Gasteiger partial charge on any atom is 0.220 e. The zero-order valence-corrected chi connectivity index (χ0v) is 13.8. The second kappa shape index (κ2) is 9.89. The van der Waals surface area contributed by atoms with Crippen molar-refractivity contribution < 1.29 is 19.0 Å². The molecule has 0 aliphatic rings. The standard InChI is InChI=1S/C16H26N2O4/c1-5-17-8-9-18-15(19)7-6-12-10-13(20-2)16(22-4)14(11-12)21-3/h10-11,17H,5-9H2,1-4H3,(H,18,19). The largest absolute Gasteiger partial charge is 0.493 e. The van der Waals surface area contributed by atoms with Crippen molar-refractivity contribution >= 4 is 5.91 Å². The summed E-state index contributed by atoms with van der Waals surface area (Å²) in [6.45, 7) is 4.36. The van der Waals surface area contributed by atoms with E-state index in [1.54, 1.807) is 21.3 Å². The number of likely N-dealkylation sites (N-methyl/N-ethyl adjacent to an activating group) is 1. The van der Waals surface area contributed by atoms with Crippen molar-refractivity contribution in [1.82, 2.24) is 10.6 Å². The molecule has 2 N–H and O–H groups in total. The molecule has 0 spiro atoms. The molecule has 6 nitrogen and oxygen atoms in total. The average molecular weight is 310 g/mol. The Labute approximate surface area is 132 Å². The van der Waals surface area contributed by atoms with Gasteiger partial charge < -0.3 is 24.8 Å². The number of methoxy groups -OCH3 is 3. The van der Waals surface area contributed by atoms with Gasteiger partial charge in [-0.25, -0.2) is 0 Å². The molecular weight excluding hydrogens is 284 g/mol. The Morgan fingerprint density at radius 3 is 2.18 bits per heavy atom. The fraction of sp³-hybridized carbons (Fsp3) is 0.562. The number of nitrogens with one attached hydrogen (secondary N) is 2. The van der Waals surface area contributed by atoms with Crippen LogP contribution in [-0.2, 0) is 11.2 Å². The van der Waals surface area contributed by atoms with Gasteiger partial charge in [0.1, 0.15) is 0 Å². The predicted molar refractivity (Wildman–Crippen MR) is 86.0 cm³/mol. The highest BCUT2D eigenvalue weighted by Gasteiger charge is 2.13. The second-order valence-electron chi connectivity index (χ2n) is 4.74. The van der Waals surface area contributed by atoms with Crippen molar-refractivity contribution in [3.8, 4) is 17.2 Å². The van der Waals surface area contributed by atoms with Crippen molar-refractivity contribution in [2.75, 3.05) is 41.0 Å². The van der Waals surface area contributed by atoms with Crippen LogP contribution in [-0.4, -0.2) is 46.9 Å². The van der Waals surface area contributed by atoms with Crippen LogP contribution in [0.1, 0.15) is 18.9 Å². The zero-order chi connectivity index (χ0) is 16.4. The molecule has 0 saturated carbocycles. The SMILES string of the molecule is CCNCCNC(=O)CCc1cc(OC)c(OC)c(OC)c1. The predicted octanol–water partition coefficient (Wildman–Crippen LogP) is 1.37. The van der Waals surface area contributed by atoms with Gasteiger partial charge in [0.2, 0.25) is 11.7 Å². The second-order valence-corrected chi connectivity index (χ2v) is 4.74. The fourth-order valence-corrected chi connectivity index (χ4v) is 2.09. The van der Waals surface area contributed by atoms with E-state index in [9.17, 15) is 4.79 Å². The quantitative estimate of drug-likeness (QED) is 0.639. The topological polar surface area (TPSA) is 68.8 Å². The van der Waals surface area contributed by atoms with Crippen molar-refractivity contribution in [2.24, 2.45) is 0 Å². The Balaban J connectivity index is 2.60. The average Bonchev–Trinajstić information content (AvgIpc) is 2.55.